The summed E-state index contributed by atoms with van der Waals surface area (Å²) in [6, 6.07) is 0. The van der Waals surface area contributed by atoms with E-state index in [2.05, 4.69) is 13.8 Å². The Kier molecular flexibility index (Phi) is 49.0. The van der Waals surface area contributed by atoms with Crippen LogP contribution in [0.5, 0.6) is 0 Å². The number of hydrogen-bond acceptors (Lipinski definition) is 2. The molecule has 0 unspecified atom stereocenters. The molecule has 0 saturated heterocycles. The molecule has 0 rings (SSSR count). The maximum Gasteiger partial charge on any atom is 5.00 e. The zero-order valence-corrected chi connectivity index (χ0v) is 12.5. The molecule has 0 aliphatic heterocycles. The summed E-state index contributed by atoms with van der Waals surface area (Å²) in [5, 5.41) is 0. The quantitative estimate of drug-likeness (QED) is 0.293. The van der Waals surface area contributed by atoms with E-state index < -0.39 is 0 Å². The van der Waals surface area contributed by atoms with E-state index in [1.54, 1.807) is 0 Å². The van der Waals surface area contributed by atoms with Crippen LogP contribution in [0.2, 0.25) is 0 Å². The van der Waals surface area contributed by atoms with Gasteiger partial charge in [0.1, 0.15) is 0 Å². The maximum atomic E-state index is 9.98. The maximum absolute atomic E-state index is 9.98. The molecule has 0 fully saturated rings. The number of hydrogen-bond donors (Lipinski definition) is 0. The van der Waals surface area contributed by atoms with Crippen molar-refractivity contribution in [1.82, 2.24) is 0 Å². The minimum Gasteiger partial charge on any atom is -1.00 e. The van der Waals surface area contributed by atoms with Crippen LogP contribution in [0.25, 0.3) is 0 Å². The third-order valence-electron chi connectivity index (χ3n) is 0.657. The van der Waals surface area contributed by atoms with Crippen LogP contribution < -0.4 is 24.8 Å². The van der Waals surface area contributed by atoms with Crippen LogP contribution in [0.3, 0.4) is 0 Å². The molecule has 0 spiro atoms. The largest absolute Gasteiger partial charge is 5.00 e. The first kappa shape index (κ1) is 29.3. The van der Waals surface area contributed by atoms with Gasteiger partial charge in [-0.05, 0) is 13.8 Å². The fourth-order valence-electron chi connectivity index (χ4n) is 0.286. The molecular weight excluding hydrogens is 333 g/mol. The van der Waals surface area contributed by atoms with E-state index in [0.29, 0.717) is 0 Å². The Morgan fingerprint density at radius 2 is 1.21 bits per heavy atom. The van der Waals surface area contributed by atoms with E-state index in [-0.39, 0.29) is 60.8 Å². The van der Waals surface area contributed by atoms with E-state index in [1.807, 2.05) is 0 Å². The van der Waals surface area contributed by atoms with E-state index in [1.165, 1.54) is 13.8 Å². The monoisotopic (exact) mass is 346 g/mol. The van der Waals surface area contributed by atoms with Crippen LogP contribution >= 0.6 is 0 Å². The van der Waals surface area contributed by atoms with Crippen LogP contribution in [0.4, 0.5) is 0 Å². The van der Waals surface area contributed by atoms with Gasteiger partial charge >= 0.3 is 24.4 Å². The van der Waals surface area contributed by atoms with Crippen molar-refractivity contribution in [3.05, 3.63) is 20.3 Å². The van der Waals surface area contributed by atoms with Crippen LogP contribution in [0.15, 0.2) is 0 Å². The van der Waals surface area contributed by atoms with Crippen molar-refractivity contribution in [1.29, 1.82) is 0 Å². The summed E-state index contributed by atoms with van der Waals surface area (Å²) in [7, 11) is 0. The zero-order valence-electron chi connectivity index (χ0n) is 8.43. The molecule has 0 amide bonds. The van der Waals surface area contributed by atoms with Crippen molar-refractivity contribution < 1.29 is 34.4 Å². The van der Waals surface area contributed by atoms with Gasteiger partial charge in [-0.1, -0.05) is 0 Å². The summed E-state index contributed by atoms with van der Waals surface area (Å²) < 4.78 is 0. The molecule has 0 aromatic heterocycles. The predicted molar refractivity (Wildman–Crippen MR) is 51.4 cm³/mol. The number of carbonyl (C=O) groups excluding carboxylic acids is 2. The molecule has 0 bridgehead atoms. The molecule has 14 heavy (non-hydrogen) atoms. The van der Waals surface area contributed by atoms with Gasteiger partial charge in [-0.3, -0.25) is 6.42 Å². The first-order valence-corrected chi connectivity index (χ1v) is 3.49. The van der Waals surface area contributed by atoms with Crippen LogP contribution in [-0.4, -0.2) is 36.0 Å². The van der Waals surface area contributed by atoms with E-state index in [0.717, 1.165) is 19.3 Å². The fraction of sp³-hybridized carbons (Fsp3) is 0.444. The van der Waals surface area contributed by atoms with Gasteiger partial charge in [-0.15, -0.1) is 0 Å². The Hall–Kier alpha value is 0.608. The Bertz CT molecular complexity index is 116. The van der Waals surface area contributed by atoms with Gasteiger partial charge in [0.2, 0.25) is 0 Å². The number of halogens is 2. The van der Waals surface area contributed by atoms with Crippen molar-refractivity contribution in [2.24, 2.45) is 0 Å². The zero-order chi connectivity index (χ0) is 9.28. The first-order chi connectivity index (χ1) is 5.04. The molecule has 0 heterocycles. The second-order valence-corrected chi connectivity index (χ2v) is 2.07. The van der Waals surface area contributed by atoms with Gasteiger partial charge < -0.3 is 48.3 Å². The molecule has 0 radical (unpaired) electrons. The van der Waals surface area contributed by atoms with Gasteiger partial charge in [0.05, 0.1) is 0 Å². The van der Waals surface area contributed by atoms with E-state index >= 15 is 0 Å². The Labute approximate surface area is 117 Å². The number of carbonyl (C=O) groups is 2. The van der Waals surface area contributed by atoms with Crippen LogP contribution in [0, 0.1) is 20.3 Å². The molecule has 0 aliphatic rings. The standard InChI is InChI=1S/C5H7O2.C4H8.2ClH.Sb/c1-4(6)3-5(2)7;1-3-4-2;;;/h3H,1-2H3;1-4H2;2*1H;/q-1;-2;;;+5/p-2. The second-order valence-electron chi connectivity index (χ2n) is 2.07. The Balaban J connectivity index is -0.0000000347. The van der Waals surface area contributed by atoms with Gasteiger partial charge in [0.25, 0.3) is 0 Å². The molecule has 5 heteroatoms. The number of rotatable bonds is 3. The minimum absolute atomic E-state index is 0. The summed E-state index contributed by atoms with van der Waals surface area (Å²) in [5.41, 5.74) is 0. The number of Topliss-reactive ketones (excluding diaryl/α,β-unsaturated/α-hetero) is 2. The molecule has 0 aromatic rings. The smallest absolute Gasteiger partial charge is 1.00 e. The molecule has 0 atom stereocenters. The van der Waals surface area contributed by atoms with Crippen molar-refractivity contribution in [2.45, 2.75) is 26.7 Å². The average molecular weight is 348 g/mol. The van der Waals surface area contributed by atoms with Gasteiger partial charge in [-0.2, -0.15) is 0 Å². The number of ketones is 2. The van der Waals surface area contributed by atoms with Crippen molar-refractivity contribution >= 4 is 36.0 Å². The summed E-state index contributed by atoms with van der Waals surface area (Å²) in [5.74, 6) is -0.375. The summed E-state index contributed by atoms with van der Waals surface area (Å²) in [6.07, 6.45) is 2.97. The first-order valence-electron chi connectivity index (χ1n) is 3.49. The van der Waals surface area contributed by atoms with Crippen molar-refractivity contribution in [3.8, 4) is 0 Å². The third-order valence-corrected chi connectivity index (χ3v) is 0.657. The number of unbranched alkanes of at least 4 members (excludes halogenated alkanes) is 1. The van der Waals surface area contributed by atoms with Gasteiger partial charge in [0.15, 0.2) is 0 Å². The third kappa shape index (κ3) is 54.0. The molecule has 0 aromatic carbocycles. The van der Waals surface area contributed by atoms with E-state index in [4.69, 9.17) is 0 Å². The molecular formula is C9H15Cl2O2Sb. The topological polar surface area (TPSA) is 34.1 Å². The average Bonchev–Trinajstić information content (AvgIpc) is 1.85. The minimum atomic E-state index is -0.187. The Morgan fingerprint density at radius 1 is 1.00 bits per heavy atom. The molecule has 82 valence electrons. The summed E-state index contributed by atoms with van der Waals surface area (Å²) in [6.45, 7) is 9.78. The second kappa shape index (κ2) is 23.4. The van der Waals surface area contributed by atoms with Crippen molar-refractivity contribution in [2.75, 3.05) is 0 Å². The molecule has 0 aliphatic carbocycles. The molecule has 0 N–H and O–H groups in total. The predicted octanol–water partition coefficient (Wildman–Crippen LogP) is -4.57. The van der Waals surface area contributed by atoms with Crippen LogP contribution in [-0.2, 0) is 9.59 Å². The fourth-order valence-corrected chi connectivity index (χ4v) is 0.286. The molecule has 2 nitrogen and oxygen atoms in total. The van der Waals surface area contributed by atoms with Gasteiger partial charge in [0, 0.05) is 11.6 Å². The van der Waals surface area contributed by atoms with Crippen molar-refractivity contribution in [3.63, 3.8) is 0 Å². The SMILES string of the molecule is CC(=O)[CH-]C(C)=O.[CH2-]CC[CH2-].[Cl-].[Cl-].[Sb+5]. The normalized spacial score (nSPS) is 6.00. The van der Waals surface area contributed by atoms with E-state index in [9.17, 15) is 9.59 Å². The summed E-state index contributed by atoms with van der Waals surface area (Å²) in [4.78, 5) is 20.0. The molecule has 0 saturated carbocycles. The summed E-state index contributed by atoms with van der Waals surface area (Å²) >= 11 is 0. The van der Waals surface area contributed by atoms with Crippen LogP contribution in [0.1, 0.15) is 26.7 Å². The van der Waals surface area contributed by atoms with Gasteiger partial charge in [-0.25, -0.2) is 12.8 Å². The Morgan fingerprint density at radius 3 is 1.21 bits per heavy atom.